The summed E-state index contributed by atoms with van der Waals surface area (Å²) in [5.74, 6) is 0.762. The largest absolute Gasteiger partial charge is 0.314 e. The zero-order chi connectivity index (χ0) is 12.3. The highest BCUT2D eigenvalue weighted by Crippen LogP contribution is 2.23. The van der Waals surface area contributed by atoms with Gasteiger partial charge in [0.2, 0.25) is 0 Å². The highest BCUT2D eigenvalue weighted by Gasteiger charge is 2.04. The van der Waals surface area contributed by atoms with Crippen LogP contribution in [-0.2, 0) is 6.54 Å². The molecule has 0 fully saturated rings. The van der Waals surface area contributed by atoms with E-state index >= 15 is 0 Å². The van der Waals surface area contributed by atoms with Crippen LogP contribution in [0.5, 0.6) is 0 Å². The molecule has 0 unspecified atom stereocenters. The van der Waals surface area contributed by atoms with E-state index in [0.717, 1.165) is 28.1 Å². The molecule has 0 spiro atoms. The summed E-state index contributed by atoms with van der Waals surface area (Å²) in [4.78, 5) is 8.81. The molecule has 2 rings (SSSR count). The van der Waals surface area contributed by atoms with Crippen LogP contribution in [0.2, 0.25) is 0 Å². The molecule has 88 valence electrons. The van der Waals surface area contributed by atoms with Gasteiger partial charge in [-0.3, -0.25) is 0 Å². The molecule has 0 saturated heterocycles. The molecular formula is C13H14BrN3. The molecule has 0 radical (unpaired) electrons. The van der Waals surface area contributed by atoms with Crippen LogP contribution in [0.4, 0.5) is 0 Å². The average Bonchev–Trinajstić information content (AvgIpc) is 2.33. The van der Waals surface area contributed by atoms with Gasteiger partial charge in [-0.15, -0.1) is 0 Å². The van der Waals surface area contributed by atoms with Crippen LogP contribution in [-0.4, -0.2) is 17.0 Å². The van der Waals surface area contributed by atoms with Crippen LogP contribution in [0, 0.1) is 6.92 Å². The molecule has 0 aliphatic carbocycles. The van der Waals surface area contributed by atoms with Gasteiger partial charge in [0.1, 0.15) is 0 Å². The van der Waals surface area contributed by atoms with Gasteiger partial charge in [-0.25, -0.2) is 9.97 Å². The highest BCUT2D eigenvalue weighted by molar-refractivity contribution is 9.10. The smallest absolute Gasteiger partial charge is 0.159 e. The molecule has 1 heterocycles. The van der Waals surface area contributed by atoms with Gasteiger partial charge in [0.15, 0.2) is 5.82 Å². The maximum atomic E-state index is 4.51. The summed E-state index contributed by atoms with van der Waals surface area (Å²) in [6.45, 7) is 2.81. The Morgan fingerprint density at radius 3 is 2.82 bits per heavy atom. The molecule has 4 heteroatoms. The van der Waals surface area contributed by atoms with E-state index in [0.29, 0.717) is 0 Å². The highest BCUT2D eigenvalue weighted by atomic mass is 79.9. The fourth-order valence-corrected chi connectivity index (χ4v) is 1.93. The fraction of sp³-hybridized carbons (Fsp3) is 0.231. The molecule has 0 aliphatic heterocycles. The Bertz CT molecular complexity index is 526. The number of benzene rings is 1. The number of halogens is 1. The summed E-state index contributed by atoms with van der Waals surface area (Å²) in [7, 11) is 1.91. The van der Waals surface area contributed by atoms with E-state index < -0.39 is 0 Å². The van der Waals surface area contributed by atoms with Gasteiger partial charge in [-0.05, 0) is 31.7 Å². The van der Waals surface area contributed by atoms with Crippen LogP contribution < -0.4 is 5.32 Å². The van der Waals surface area contributed by atoms with Gasteiger partial charge in [0.05, 0.1) is 5.69 Å². The van der Waals surface area contributed by atoms with Crippen LogP contribution in [0.3, 0.4) is 0 Å². The maximum absolute atomic E-state index is 4.51. The van der Waals surface area contributed by atoms with E-state index in [1.807, 2.05) is 25.2 Å². The number of rotatable bonds is 3. The van der Waals surface area contributed by atoms with Gasteiger partial charge in [0, 0.05) is 22.8 Å². The lowest BCUT2D eigenvalue weighted by Crippen LogP contribution is -2.07. The van der Waals surface area contributed by atoms with E-state index in [1.54, 1.807) is 6.20 Å². The molecule has 0 atom stereocenters. The second kappa shape index (κ2) is 5.38. The summed E-state index contributed by atoms with van der Waals surface area (Å²) in [5.41, 5.74) is 3.23. The van der Waals surface area contributed by atoms with Crippen LogP contribution >= 0.6 is 15.9 Å². The Balaban J connectivity index is 2.38. The van der Waals surface area contributed by atoms with E-state index in [2.05, 4.69) is 44.2 Å². The van der Waals surface area contributed by atoms with Crippen LogP contribution in [0.25, 0.3) is 11.4 Å². The lowest BCUT2D eigenvalue weighted by atomic mass is 10.1. The van der Waals surface area contributed by atoms with E-state index in [4.69, 9.17) is 0 Å². The number of nitrogens with zero attached hydrogens (tertiary/aromatic N) is 2. The molecule has 0 amide bonds. The zero-order valence-corrected chi connectivity index (χ0v) is 11.5. The first kappa shape index (κ1) is 12.2. The minimum atomic E-state index is 0.753. The first-order valence-electron chi connectivity index (χ1n) is 5.44. The fourth-order valence-electron chi connectivity index (χ4n) is 1.55. The lowest BCUT2D eigenvalue weighted by molar-refractivity contribution is 0.788. The van der Waals surface area contributed by atoms with Gasteiger partial charge in [0.25, 0.3) is 0 Å². The molecule has 1 aromatic carbocycles. The Morgan fingerprint density at radius 2 is 2.12 bits per heavy atom. The summed E-state index contributed by atoms with van der Waals surface area (Å²) in [5, 5.41) is 3.08. The van der Waals surface area contributed by atoms with Crippen molar-refractivity contribution in [3.63, 3.8) is 0 Å². The molecule has 0 bridgehead atoms. The van der Waals surface area contributed by atoms with Crippen molar-refractivity contribution in [3.8, 4) is 11.4 Å². The van der Waals surface area contributed by atoms with Gasteiger partial charge < -0.3 is 5.32 Å². The predicted octanol–water partition coefficient (Wildman–Crippen LogP) is 2.93. The predicted molar refractivity (Wildman–Crippen MR) is 72.7 cm³/mol. The van der Waals surface area contributed by atoms with Crippen molar-refractivity contribution in [1.29, 1.82) is 0 Å². The summed E-state index contributed by atoms with van der Waals surface area (Å²) in [6.07, 6.45) is 1.79. The first-order chi connectivity index (χ1) is 8.20. The Kier molecular flexibility index (Phi) is 3.86. The van der Waals surface area contributed by atoms with Crippen molar-refractivity contribution in [2.75, 3.05) is 7.05 Å². The van der Waals surface area contributed by atoms with Crippen molar-refractivity contribution >= 4 is 15.9 Å². The van der Waals surface area contributed by atoms with E-state index in [1.165, 1.54) is 5.56 Å². The molecular weight excluding hydrogens is 278 g/mol. The minimum Gasteiger partial charge on any atom is -0.314 e. The zero-order valence-electron chi connectivity index (χ0n) is 9.87. The SMILES string of the molecule is CNCc1ccnc(-c2ccc(C)c(Br)c2)n1. The molecule has 17 heavy (non-hydrogen) atoms. The van der Waals surface area contributed by atoms with Crippen molar-refractivity contribution in [3.05, 3.63) is 46.2 Å². The molecule has 0 saturated carbocycles. The topological polar surface area (TPSA) is 37.8 Å². The molecule has 1 N–H and O–H groups in total. The molecule has 3 nitrogen and oxygen atoms in total. The third-order valence-corrected chi connectivity index (χ3v) is 3.36. The van der Waals surface area contributed by atoms with Gasteiger partial charge in [-0.2, -0.15) is 0 Å². The van der Waals surface area contributed by atoms with Crippen LogP contribution in [0.15, 0.2) is 34.9 Å². The molecule has 2 aromatic rings. The van der Waals surface area contributed by atoms with E-state index in [9.17, 15) is 0 Å². The molecule has 1 aromatic heterocycles. The normalized spacial score (nSPS) is 10.5. The van der Waals surface area contributed by atoms with Crippen molar-refractivity contribution in [2.45, 2.75) is 13.5 Å². The number of aryl methyl sites for hydroxylation is 1. The average molecular weight is 292 g/mol. The van der Waals surface area contributed by atoms with Crippen molar-refractivity contribution < 1.29 is 0 Å². The van der Waals surface area contributed by atoms with Crippen molar-refractivity contribution in [2.24, 2.45) is 0 Å². The Labute approximate surface area is 109 Å². The standard InChI is InChI=1S/C13H14BrN3/c1-9-3-4-10(7-12(9)14)13-16-6-5-11(17-13)8-15-2/h3-7,15H,8H2,1-2H3. The number of hydrogen-bond donors (Lipinski definition) is 1. The number of hydrogen-bond acceptors (Lipinski definition) is 3. The first-order valence-corrected chi connectivity index (χ1v) is 6.23. The Morgan fingerprint density at radius 1 is 1.29 bits per heavy atom. The quantitative estimate of drug-likeness (QED) is 0.945. The maximum Gasteiger partial charge on any atom is 0.159 e. The third kappa shape index (κ3) is 2.90. The summed E-state index contributed by atoms with van der Waals surface area (Å²) in [6, 6.07) is 8.07. The Hall–Kier alpha value is -1.26. The number of nitrogens with one attached hydrogen (secondary N) is 1. The third-order valence-electron chi connectivity index (χ3n) is 2.50. The summed E-state index contributed by atoms with van der Waals surface area (Å²) < 4.78 is 1.08. The van der Waals surface area contributed by atoms with E-state index in [-0.39, 0.29) is 0 Å². The lowest BCUT2D eigenvalue weighted by Gasteiger charge is -2.05. The second-order valence-electron chi connectivity index (χ2n) is 3.87. The monoisotopic (exact) mass is 291 g/mol. The van der Waals surface area contributed by atoms with Crippen molar-refractivity contribution in [1.82, 2.24) is 15.3 Å². The van der Waals surface area contributed by atoms with Crippen LogP contribution in [0.1, 0.15) is 11.3 Å². The summed E-state index contributed by atoms with van der Waals surface area (Å²) >= 11 is 3.52. The van der Waals surface area contributed by atoms with Gasteiger partial charge in [-0.1, -0.05) is 28.1 Å². The van der Waals surface area contributed by atoms with Gasteiger partial charge >= 0.3 is 0 Å². The number of aromatic nitrogens is 2. The second-order valence-corrected chi connectivity index (χ2v) is 4.72. The molecule has 0 aliphatic rings. The minimum absolute atomic E-state index is 0.753.